The Labute approximate surface area is 339 Å². The second-order valence-electron chi connectivity index (χ2n) is 15.1. The van der Waals surface area contributed by atoms with E-state index in [2.05, 4.69) is 187 Å². The monoisotopic (exact) mass is 761 g/mol. The first kappa shape index (κ1) is 33.0. The first-order valence-electron chi connectivity index (χ1n) is 19.9. The number of furan rings is 2. The van der Waals surface area contributed by atoms with Gasteiger partial charge in [-0.15, -0.1) is 11.3 Å². The molecule has 0 aliphatic heterocycles. The fraction of sp³-hybridized carbons (Fsp3) is 0.0370. The van der Waals surface area contributed by atoms with Gasteiger partial charge in [-0.05, 0) is 65.1 Å². The molecule has 3 aromatic heterocycles. The lowest BCUT2D eigenvalue weighted by Crippen LogP contribution is -2.25. The third-order valence-electron chi connectivity index (χ3n) is 11.8. The van der Waals surface area contributed by atoms with Gasteiger partial charge >= 0.3 is 0 Å². The largest absolute Gasteiger partial charge is 0.456 e. The predicted octanol–water partition coefficient (Wildman–Crippen LogP) is 16.0. The van der Waals surface area contributed by atoms with Crippen molar-refractivity contribution in [3.05, 3.63) is 199 Å². The van der Waals surface area contributed by atoms with Crippen LogP contribution in [0, 0.1) is 0 Å². The van der Waals surface area contributed by atoms with Crippen molar-refractivity contribution in [2.24, 2.45) is 0 Å². The predicted molar refractivity (Wildman–Crippen MR) is 244 cm³/mol. The maximum Gasteiger partial charge on any atom is 0.144 e. The van der Waals surface area contributed by atoms with Crippen LogP contribution in [0.25, 0.3) is 93.4 Å². The highest BCUT2D eigenvalue weighted by Crippen LogP contribution is 2.50. The van der Waals surface area contributed by atoms with Crippen molar-refractivity contribution >= 4 is 82.8 Å². The van der Waals surface area contributed by atoms with Crippen LogP contribution in [0.4, 0.5) is 11.4 Å². The third-order valence-corrected chi connectivity index (χ3v) is 13.1. The molecule has 0 N–H and O–H groups in total. The number of thiophene rings is 1. The Hall–Kier alpha value is -7.14. The van der Waals surface area contributed by atoms with Gasteiger partial charge < -0.3 is 13.7 Å². The lowest BCUT2D eigenvalue weighted by molar-refractivity contribution is 0.665. The normalized spacial score (nSPS) is 13.9. The summed E-state index contributed by atoms with van der Waals surface area (Å²) in [7, 11) is 0. The standard InChI is InChI=1S/C54H35NO2S/c1-3-15-34(16-4-1)38-19-7-10-25-45(38)55(46-26-14-24-42-40-20-9-12-28-49(40)58-54(42)46)37-31-29-35(30-32-37)39-22-13-23-41-44-33-48-51(43-21-8-11-27-47(43)56-48)50(53(44)57-52(39)41)36-17-5-2-6-18-36/h1-25,27-33,46H,26H2. The number of rotatable bonds is 6. The van der Waals surface area contributed by atoms with E-state index in [0.717, 1.165) is 78.2 Å². The van der Waals surface area contributed by atoms with Gasteiger partial charge in [-0.25, -0.2) is 0 Å². The molecule has 4 heteroatoms. The van der Waals surface area contributed by atoms with E-state index in [9.17, 15) is 0 Å². The van der Waals surface area contributed by atoms with Gasteiger partial charge in [-0.3, -0.25) is 0 Å². The molecule has 1 aliphatic carbocycles. The van der Waals surface area contributed by atoms with Crippen LogP contribution in [-0.2, 0) is 0 Å². The average molecular weight is 762 g/mol. The highest BCUT2D eigenvalue weighted by molar-refractivity contribution is 7.19. The lowest BCUT2D eigenvalue weighted by atomic mass is 9.94. The minimum atomic E-state index is 0.123. The molecule has 0 saturated heterocycles. The highest BCUT2D eigenvalue weighted by atomic mass is 32.1. The van der Waals surface area contributed by atoms with Gasteiger partial charge in [0.1, 0.15) is 22.3 Å². The van der Waals surface area contributed by atoms with Crippen LogP contribution in [0.3, 0.4) is 0 Å². The van der Waals surface area contributed by atoms with E-state index in [1.54, 1.807) is 0 Å². The van der Waals surface area contributed by atoms with E-state index in [1.807, 2.05) is 23.5 Å². The van der Waals surface area contributed by atoms with Crippen molar-refractivity contribution in [1.82, 2.24) is 0 Å². The third kappa shape index (κ3) is 5.12. The highest BCUT2D eigenvalue weighted by Gasteiger charge is 2.30. The van der Waals surface area contributed by atoms with E-state index in [0.29, 0.717) is 0 Å². The van der Waals surface area contributed by atoms with Gasteiger partial charge in [0.15, 0.2) is 0 Å². The number of nitrogens with zero attached hydrogens (tertiary/aromatic N) is 1. The number of benzene rings is 8. The second-order valence-corrected chi connectivity index (χ2v) is 16.2. The number of anilines is 2. The Bertz CT molecular complexity index is 3370. The summed E-state index contributed by atoms with van der Waals surface area (Å²) in [6, 6.07) is 65.1. The van der Waals surface area contributed by atoms with Crippen LogP contribution in [0.5, 0.6) is 0 Å². The van der Waals surface area contributed by atoms with Crippen molar-refractivity contribution in [2.75, 3.05) is 4.90 Å². The summed E-state index contributed by atoms with van der Waals surface area (Å²) in [5, 5.41) is 5.61. The molecule has 1 unspecified atom stereocenters. The van der Waals surface area contributed by atoms with E-state index in [4.69, 9.17) is 8.83 Å². The molecule has 0 fully saturated rings. The zero-order chi connectivity index (χ0) is 38.2. The van der Waals surface area contributed by atoms with E-state index >= 15 is 0 Å². The van der Waals surface area contributed by atoms with Crippen molar-refractivity contribution in [2.45, 2.75) is 12.5 Å². The lowest BCUT2D eigenvalue weighted by Gasteiger charge is -2.36. The average Bonchev–Trinajstić information content (AvgIpc) is 3.98. The number of hydrogen-bond acceptors (Lipinski definition) is 4. The van der Waals surface area contributed by atoms with Gasteiger partial charge in [0.05, 0.1) is 6.04 Å². The summed E-state index contributed by atoms with van der Waals surface area (Å²) < 4.78 is 14.9. The minimum Gasteiger partial charge on any atom is -0.456 e. The SMILES string of the molecule is C1=Cc2c(sc3ccccc23)C(N(c2ccc(-c3cccc4c3oc3c(-c5ccccc5)c5c(cc34)oc3ccccc35)cc2)c2ccccc2-c2ccccc2)C1. The molecule has 12 rings (SSSR count). The molecule has 8 aromatic carbocycles. The molecule has 1 aliphatic rings. The summed E-state index contributed by atoms with van der Waals surface area (Å²) in [6.07, 6.45) is 5.58. The Kier molecular flexibility index (Phi) is 7.54. The molecule has 3 heterocycles. The Morgan fingerprint density at radius 3 is 2.02 bits per heavy atom. The van der Waals surface area contributed by atoms with E-state index in [-0.39, 0.29) is 6.04 Å². The molecular weight excluding hydrogens is 727 g/mol. The fourth-order valence-electron chi connectivity index (χ4n) is 9.23. The summed E-state index contributed by atoms with van der Waals surface area (Å²) >= 11 is 1.92. The zero-order valence-corrected chi connectivity index (χ0v) is 32.2. The Morgan fingerprint density at radius 2 is 1.17 bits per heavy atom. The maximum atomic E-state index is 7.07. The van der Waals surface area contributed by atoms with Crippen LogP contribution < -0.4 is 4.90 Å². The molecule has 0 saturated carbocycles. The van der Waals surface area contributed by atoms with E-state index < -0.39 is 0 Å². The number of fused-ring (bicyclic) bond motifs is 9. The molecule has 11 aromatic rings. The van der Waals surface area contributed by atoms with Crippen LogP contribution in [0.15, 0.2) is 197 Å². The van der Waals surface area contributed by atoms with Gasteiger partial charge in [-0.1, -0.05) is 158 Å². The second kappa shape index (κ2) is 13.2. The summed E-state index contributed by atoms with van der Waals surface area (Å²) in [5.74, 6) is 0. The first-order chi connectivity index (χ1) is 28.8. The summed E-state index contributed by atoms with van der Waals surface area (Å²) in [5.41, 5.74) is 13.9. The Morgan fingerprint density at radius 1 is 0.500 bits per heavy atom. The topological polar surface area (TPSA) is 29.5 Å². The van der Waals surface area contributed by atoms with Gasteiger partial charge in [0.2, 0.25) is 0 Å². The molecule has 274 valence electrons. The fourth-order valence-corrected chi connectivity index (χ4v) is 10.5. The minimum absolute atomic E-state index is 0.123. The van der Waals surface area contributed by atoms with Gasteiger partial charge in [0.25, 0.3) is 0 Å². The van der Waals surface area contributed by atoms with Crippen molar-refractivity contribution in [1.29, 1.82) is 0 Å². The van der Waals surface area contributed by atoms with Crippen LogP contribution in [0.1, 0.15) is 22.9 Å². The first-order valence-corrected chi connectivity index (χ1v) is 20.7. The zero-order valence-electron chi connectivity index (χ0n) is 31.4. The molecule has 0 spiro atoms. The molecule has 1 atom stereocenters. The molecule has 58 heavy (non-hydrogen) atoms. The molecule has 0 bridgehead atoms. The summed E-state index contributed by atoms with van der Waals surface area (Å²) in [6.45, 7) is 0. The Balaban J connectivity index is 1.03. The van der Waals surface area contributed by atoms with Crippen LogP contribution >= 0.6 is 11.3 Å². The van der Waals surface area contributed by atoms with Crippen molar-refractivity contribution < 1.29 is 8.83 Å². The van der Waals surface area contributed by atoms with Crippen molar-refractivity contribution in [3.8, 4) is 33.4 Å². The van der Waals surface area contributed by atoms with E-state index in [1.165, 1.54) is 37.3 Å². The maximum absolute atomic E-state index is 7.07. The van der Waals surface area contributed by atoms with Crippen molar-refractivity contribution in [3.63, 3.8) is 0 Å². The van der Waals surface area contributed by atoms with Crippen LogP contribution in [0.2, 0.25) is 0 Å². The van der Waals surface area contributed by atoms with Crippen LogP contribution in [-0.4, -0.2) is 0 Å². The quantitative estimate of drug-likeness (QED) is 0.169. The number of hydrogen-bond donors (Lipinski definition) is 0. The molecule has 3 nitrogen and oxygen atoms in total. The number of para-hydroxylation sites is 3. The molecule has 0 amide bonds. The van der Waals surface area contributed by atoms with Gasteiger partial charge in [0, 0.05) is 64.6 Å². The smallest absolute Gasteiger partial charge is 0.144 e. The summed E-state index contributed by atoms with van der Waals surface area (Å²) in [4.78, 5) is 3.97. The van der Waals surface area contributed by atoms with Gasteiger partial charge in [-0.2, -0.15) is 0 Å². The molecule has 0 radical (unpaired) electrons. The molecular formula is C54H35NO2S.